The van der Waals surface area contributed by atoms with Crippen LogP contribution in [-0.4, -0.2) is 29.8 Å². The molecule has 138 valence electrons. The van der Waals surface area contributed by atoms with Crippen LogP contribution in [-0.2, 0) is 12.2 Å². The van der Waals surface area contributed by atoms with E-state index in [1.54, 1.807) is 0 Å². The zero-order valence-corrected chi connectivity index (χ0v) is 16.6. The molecular formula is C18H18N6OS2. The van der Waals surface area contributed by atoms with Crippen molar-refractivity contribution in [1.29, 1.82) is 0 Å². The Morgan fingerprint density at radius 2 is 2.15 bits per heavy atom. The predicted molar refractivity (Wildman–Crippen MR) is 107 cm³/mol. The van der Waals surface area contributed by atoms with Crippen LogP contribution in [0.5, 0.6) is 0 Å². The number of H-pyrrole nitrogens is 1. The smallest absolute Gasteiger partial charge is 0.267 e. The monoisotopic (exact) mass is 398 g/mol. The number of benzene rings is 1. The van der Waals surface area contributed by atoms with Crippen molar-refractivity contribution in [2.24, 2.45) is 0 Å². The average Bonchev–Trinajstić information content (AvgIpc) is 3.27. The van der Waals surface area contributed by atoms with Crippen LogP contribution < -0.4 is 5.56 Å². The highest BCUT2D eigenvalue weighted by atomic mass is 32.2. The molecule has 0 aliphatic carbocycles. The molecule has 0 atom stereocenters. The van der Waals surface area contributed by atoms with Gasteiger partial charge < -0.3 is 0 Å². The lowest BCUT2D eigenvalue weighted by Crippen LogP contribution is -2.15. The fraction of sp³-hybridized carbons (Fsp3) is 0.278. The second-order valence-electron chi connectivity index (χ2n) is 6.15. The van der Waals surface area contributed by atoms with Gasteiger partial charge in [-0.15, -0.1) is 5.10 Å². The summed E-state index contributed by atoms with van der Waals surface area (Å²) in [6.45, 7) is 4.13. The van der Waals surface area contributed by atoms with Crippen LogP contribution in [0.1, 0.15) is 29.6 Å². The Morgan fingerprint density at radius 1 is 1.26 bits per heavy atom. The lowest BCUT2D eigenvalue weighted by atomic mass is 10.1. The number of aryl methyl sites for hydroxylation is 2. The first-order valence-electron chi connectivity index (χ1n) is 8.63. The molecule has 0 spiro atoms. The molecule has 0 amide bonds. The molecule has 0 aliphatic heterocycles. The van der Waals surface area contributed by atoms with E-state index in [0.29, 0.717) is 21.6 Å². The molecular weight excluding hydrogens is 380 g/mol. The van der Waals surface area contributed by atoms with Crippen molar-refractivity contribution in [3.8, 4) is 11.4 Å². The summed E-state index contributed by atoms with van der Waals surface area (Å²) in [5, 5.41) is 13.1. The summed E-state index contributed by atoms with van der Waals surface area (Å²) < 4.78 is 1.38. The van der Waals surface area contributed by atoms with Gasteiger partial charge in [0.2, 0.25) is 10.1 Å². The summed E-state index contributed by atoms with van der Waals surface area (Å²) in [6, 6.07) is 9.62. The van der Waals surface area contributed by atoms with Gasteiger partial charge in [0.25, 0.3) is 5.56 Å². The Bertz CT molecular complexity index is 1150. The third-order valence-corrected chi connectivity index (χ3v) is 5.76. The van der Waals surface area contributed by atoms with Crippen LogP contribution in [0, 0.1) is 6.92 Å². The van der Waals surface area contributed by atoms with Crippen molar-refractivity contribution in [2.75, 3.05) is 0 Å². The van der Waals surface area contributed by atoms with Crippen LogP contribution in [0.3, 0.4) is 0 Å². The summed E-state index contributed by atoms with van der Waals surface area (Å²) in [5.41, 5.74) is 2.73. The Labute approximate surface area is 163 Å². The molecule has 4 aromatic rings. The molecule has 1 aromatic carbocycles. The Morgan fingerprint density at radius 3 is 2.96 bits per heavy atom. The number of aromatic nitrogens is 6. The molecule has 0 unspecified atom stereocenters. The lowest BCUT2D eigenvalue weighted by Gasteiger charge is -1.98. The highest BCUT2D eigenvalue weighted by Gasteiger charge is 2.11. The van der Waals surface area contributed by atoms with Crippen LogP contribution in [0.4, 0.5) is 0 Å². The minimum absolute atomic E-state index is 0.148. The summed E-state index contributed by atoms with van der Waals surface area (Å²) in [4.78, 5) is 22.0. The topological polar surface area (TPSA) is 88.8 Å². The minimum atomic E-state index is -0.148. The maximum absolute atomic E-state index is 12.3. The first-order chi connectivity index (χ1) is 13.1. The first kappa shape index (κ1) is 17.9. The molecule has 9 heteroatoms. The standard InChI is InChI=1S/C18H18N6OS2/c1-3-5-14-23-24-15(25)9-13(19-18(24)27-14)10-26-17-20-16(21-22-17)12-7-4-6-11(2)8-12/h4,6-9H,3,5,10H2,1-2H3,(H,20,21,22). The van der Waals surface area contributed by atoms with Gasteiger partial charge in [0.05, 0.1) is 5.69 Å². The third-order valence-electron chi connectivity index (χ3n) is 3.91. The summed E-state index contributed by atoms with van der Waals surface area (Å²) >= 11 is 2.92. The van der Waals surface area contributed by atoms with Gasteiger partial charge in [0.1, 0.15) is 5.01 Å². The van der Waals surface area contributed by atoms with Crippen molar-refractivity contribution in [3.63, 3.8) is 0 Å². The van der Waals surface area contributed by atoms with Gasteiger partial charge in [0.15, 0.2) is 5.82 Å². The van der Waals surface area contributed by atoms with E-state index in [0.717, 1.165) is 29.2 Å². The molecule has 0 aliphatic rings. The number of thioether (sulfide) groups is 1. The first-order valence-corrected chi connectivity index (χ1v) is 10.4. The Balaban J connectivity index is 1.51. The summed E-state index contributed by atoms with van der Waals surface area (Å²) in [5.74, 6) is 1.26. The van der Waals surface area contributed by atoms with E-state index in [1.165, 1.54) is 39.2 Å². The largest absolute Gasteiger partial charge is 0.275 e. The van der Waals surface area contributed by atoms with E-state index in [-0.39, 0.29) is 5.56 Å². The van der Waals surface area contributed by atoms with Crippen molar-refractivity contribution in [3.05, 3.63) is 57.0 Å². The SMILES string of the molecule is CCCc1nn2c(=O)cc(CSc3n[nH]c(-c4cccc(C)c4)n3)nc2s1. The molecule has 27 heavy (non-hydrogen) atoms. The molecule has 4 rings (SSSR count). The van der Waals surface area contributed by atoms with Crippen molar-refractivity contribution in [1.82, 2.24) is 29.8 Å². The Kier molecular flexibility index (Phi) is 5.04. The number of hydrogen-bond donors (Lipinski definition) is 1. The zero-order chi connectivity index (χ0) is 18.8. The van der Waals surface area contributed by atoms with Gasteiger partial charge >= 0.3 is 0 Å². The van der Waals surface area contributed by atoms with Crippen LogP contribution in [0.15, 0.2) is 40.3 Å². The Hall–Kier alpha value is -2.52. The number of nitrogens with zero attached hydrogens (tertiary/aromatic N) is 5. The second-order valence-corrected chi connectivity index (χ2v) is 8.13. The molecule has 0 radical (unpaired) electrons. The fourth-order valence-electron chi connectivity index (χ4n) is 2.66. The van der Waals surface area contributed by atoms with Crippen molar-refractivity contribution >= 4 is 28.1 Å². The predicted octanol–water partition coefficient (Wildman–Crippen LogP) is 3.49. The van der Waals surface area contributed by atoms with E-state index in [2.05, 4.69) is 38.3 Å². The minimum Gasteiger partial charge on any atom is -0.267 e. The van der Waals surface area contributed by atoms with E-state index < -0.39 is 0 Å². The molecule has 3 heterocycles. The number of aromatic amines is 1. The highest BCUT2D eigenvalue weighted by molar-refractivity contribution is 7.98. The lowest BCUT2D eigenvalue weighted by molar-refractivity contribution is 0.818. The zero-order valence-electron chi connectivity index (χ0n) is 15.0. The van der Waals surface area contributed by atoms with Gasteiger partial charge in [-0.3, -0.25) is 9.89 Å². The maximum atomic E-state index is 12.3. The summed E-state index contributed by atoms with van der Waals surface area (Å²) in [7, 11) is 0. The van der Waals surface area contributed by atoms with Crippen LogP contribution in [0.2, 0.25) is 0 Å². The van der Waals surface area contributed by atoms with Crippen molar-refractivity contribution < 1.29 is 0 Å². The number of fused-ring (bicyclic) bond motifs is 1. The molecule has 3 aromatic heterocycles. The number of rotatable bonds is 6. The van der Waals surface area contributed by atoms with Gasteiger partial charge in [-0.2, -0.15) is 9.61 Å². The van der Waals surface area contributed by atoms with Crippen LogP contribution in [0.25, 0.3) is 16.3 Å². The molecule has 1 N–H and O–H groups in total. The summed E-state index contributed by atoms with van der Waals surface area (Å²) in [6.07, 6.45) is 1.85. The van der Waals surface area contributed by atoms with E-state index in [9.17, 15) is 4.79 Å². The quantitative estimate of drug-likeness (QED) is 0.500. The van der Waals surface area contributed by atoms with E-state index in [1.807, 2.05) is 25.1 Å². The average molecular weight is 399 g/mol. The van der Waals surface area contributed by atoms with E-state index in [4.69, 9.17) is 0 Å². The molecule has 0 fully saturated rings. The highest BCUT2D eigenvalue weighted by Crippen LogP contribution is 2.22. The molecule has 7 nitrogen and oxygen atoms in total. The second kappa shape index (κ2) is 7.61. The van der Waals surface area contributed by atoms with Crippen LogP contribution >= 0.6 is 23.1 Å². The van der Waals surface area contributed by atoms with Gasteiger partial charge in [0, 0.05) is 23.8 Å². The normalized spacial score (nSPS) is 11.3. The maximum Gasteiger partial charge on any atom is 0.275 e. The third kappa shape index (κ3) is 3.93. The molecule has 0 bridgehead atoms. The van der Waals surface area contributed by atoms with Crippen molar-refractivity contribution in [2.45, 2.75) is 37.6 Å². The number of nitrogens with one attached hydrogen (secondary N) is 1. The molecule has 0 saturated heterocycles. The molecule has 0 saturated carbocycles. The van der Waals surface area contributed by atoms with E-state index >= 15 is 0 Å². The van der Waals surface area contributed by atoms with Gasteiger partial charge in [-0.05, 0) is 19.4 Å². The van der Waals surface area contributed by atoms with Gasteiger partial charge in [-0.25, -0.2) is 9.97 Å². The fourth-order valence-corrected chi connectivity index (χ4v) is 4.37. The number of hydrogen-bond acceptors (Lipinski definition) is 7. The van der Waals surface area contributed by atoms with Gasteiger partial charge in [-0.1, -0.05) is 53.8 Å².